The summed E-state index contributed by atoms with van der Waals surface area (Å²) in [5.41, 5.74) is 1.43. The van der Waals surface area contributed by atoms with E-state index >= 15 is 0 Å². The molecule has 1 aliphatic heterocycles. The number of nitro benzene ring substituents is 1. The van der Waals surface area contributed by atoms with Gasteiger partial charge in [0.05, 0.1) is 11.0 Å². The van der Waals surface area contributed by atoms with Gasteiger partial charge >= 0.3 is 0 Å². The number of amides is 1. The number of nitrogens with one attached hydrogen (secondary N) is 1. The Kier molecular flexibility index (Phi) is 4.63. The highest BCUT2D eigenvalue weighted by atomic mass is 35.5. The number of hydrogen-bond donors (Lipinski definition) is 1. The second-order valence-electron chi connectivity index (χ2n) is 7.06. The molecule has 0 radical (unpaired) electrons. The number of rotatable bonds is 3. The van der Waals surface area contributed by atoms with Crippen LogP contribution in [0.2, 0.25) is 5.02 Å². The molecule has 1 N–H and O–H groups in total. The van der Waals surface area contributed by atoms with Crippen molar-refractivity contribution in [2.75, 3.05) is 0 Å². The Hall–Kier alpha value is -2.60. The smallest absolute Gasteiger partial charge is 0.288 e. The first kappa shape index (κ1) is 18.2. The Morgan fingerprint density at radius 1 is 1.31 bits per heavy atom. The normalized spacial score (nSPS) is 17.8. The van der Waals surface area contributed by atoms with Gasteiger partial charge in [-0.25, -0.2) is 0 Å². The zero-order valence-electron chi connectivity index (χ0n) is 14.7. The Bertz CT molecular complexity index is 895. The molecule has 3 rings (SSSR count). The van der Waals surface area contributed by atoms with Gasteiger partial charge in [-0.05, 0) is 39.0 Å². The predicted molar refractivity (Wildman–Crippen MR) is 98.8 cm³/mol. The number of benzene rings is 2. The fourth-order valence-electron chi connectivity index (χ4n) is 3.14. The standard InChI is InChI=1S/C19H19ClN2O4/c1-11-4-7-17-13(8-11)15(10-19(2,3)26-17)21-18(23)12-5-6-14(20)16(9-12)22(24)25/h4-9,15H,10H2,1-3H3,(H,21,23). The number of nitrogens with zero attached hydrogens (tertiary/aromatic N) is 1. The van der Waals surface area contributed by atoms with E-state index in [0.717, 1.165) is 16.9 Å². The summed E-state index contributed by atoms with van der Waals surface area (Å²) in [7, 11) is 0. The molecule has 0 aromatic heterocycles. The first-order chi connectivity index (χ1) is 12.2. The maximum absolute atomic E-state index is 12.7. The van der Waals surface area contributed by atoms with Gasteiger partial charge in [-0.2, -0.15) is 0 Å². The molecule has 1 atom stereocenters. The fourth-order valence-corrected chi connectivity index (χ4v) is 3.32. The summed E-state index contributed by atoms with van der Waals surface area (Å²) in [6.45, 7) is 5.89. The number of carbonyl (C=O) groups is 1. The van der Waals surface area contributed by atoms with Gasteiger partial charge in [-0.15, -0.1) is 0 Å². The minimum atomic E-state index is -0.602. The molecule has 1 heterocycles. The van der Waals surface area contributed by atoms with Gasteiger partial charge in [0.1, 0.15) is 16.4 Å². The van der Waals surface area contributed by atoms with Crippen molar-refractivity contribution in [3.05, 3.63) is 68.2 Å². The van der Waals surface area contributed by atoms with E-state index in [2.05, 4.69) is 5.32 Å². The van der Waals surface area contributed by atoms with E-state index in [9.17, 15) is 14.9 Å². The molecule has 6 nitrogen and oxygen atoms in total. The predicted octanol–water partition coefficient (Wildman–Crippen LogP) is 4.59. The van der Waals surface area contributed by atoms with Crippen LogP contribution in [0.3, 0.4) is 0 Å². The Morgan fingerprint density at radius 2 is 2.04 bits per heavy atom. The van der Waals surface area contributed by atoms with Gasteiger partial charge in [0.15, 0.2) is 0 Å². The lowest BCUT2D eigenvalue weighted by Gasteiger charge is -2.38. The highest BCUT2D eigenvalue weighted by Gasteiger charge is 2.34. The van der Waals surface area contributed by atoms with Crippen molar-refractivity contribution >= 4 is 23.2 Å². The molecular weight excluding hydrogens is 356 g/mol. The van der Waals surface area contributed by atoms with Gasteiger partial charge < -0.3 is 10.1 Å². The number of ether oxygens (including phenoxy) is 1. The molecule has 1 unspecified atom stereocenters. The Labute approximate surface area is 156 Å². The van der Waals surface area contributed by atoms with Crippen LogP contribution in [0.25, 0.3) is 0 Å². The summed E-state index contributed by atoms with van der Waals surface area (Å²) in [5.74, 6) is 0.346. The van der Waals surface area contributed by atoms with E-state index in [0.29, 0.717) is 6.42 Å². The molecular formula is C19H19ClN2O4. The molecule has 1 amide bonds. The summed E-state index contributed by atoms with van der Waals surface area (Å²) < 4.78 is 6.00. The van der Waals surface area contributed by atoms with Gasteiger partial charge in [0, 0.05) is 23.6 Å². The summed E-state index contributed by atoms with van der Waals surface area (Å²) in [4.78, 5) is 23.1. The maximum atomic E-state index is 12.7. The highest BCUT2D eigenvalue weighted by Crippen LogP contribution is 2.40. The first-order valence-electron chi connectivity index (χ1n) is 8.21. The Morgan fingerprint density at radius 3 is 2.73 bits per heavy atom. The molecule has 0 fully saturated rings. The molecule has 0 bridgehead atoms. The second-order valence-corrected chi connectivity index (χ2v) is 7.46. The van der Waals surface area contributed by atoms with Gasteiger partial charge in [0.2, 0.25) is 0 Å². The van der Waals surface area contributed by atoms with Gasteiger partial charge in [-0.3, -0.25) is 14.9 Å². The average Bonchev–Trinajstić information content (AvgIpc) is 2.55. The van der Waals surface area contributed by atoms with Crippen molar-refractivity contribution in [2.45, 2.75) is 38.8 Å². The van der Waals surface area contributed by atoms with Crippen molar-refractivity contribution in [1.29, 1.82) is 0 Å². The van der Waals surface area contributed by atoms with Crippen molar-refractivity contribution < 1.29 is 14.5 Å². The van der Waals surface area contributed by atoms with Crippen molar-refractivity contribution in [3.63, 3.8) is 0 Å². The first-order valence-corrected chi connectivity index (χ1v) is 8.58. The molecule has 136 valence electrons. The van der Waals surface area contributed by atoms with Crippen molar-refractivity contribution in [1.82, 2.24) is 5.32 Å². The lowest BCUT2D eigenvalue weighted by molar-refractivity contribution is -0.384. The highest BCUT2D eigenvalue weighted by molar-refractivity contribution is 6.32. The van der Waals surface area contributed by atoms with Crippen LogP contribution in [0.5, 0.6) is 5.75 Å². The second kappa shape index (κ2) is 6.61. The Balaban J connectivity index is 1.91. The third kappa shape index (κ3) is 3.65. The lowest BCUT2D eigenvalue weighted by atomic mass is 9.88. The fraction of sp³-hybridized carbons (Fsp3) is 0.316. The number of fused-ring (bicyclic) bond motifs is 1. The summed E-state index contributed by atoms with van der Waals surface area (Å²) in [6.07, 6.45) is 0.588. The van der Waals surface area contributed by atoms with Gasteiger partial charge in [-0.1, -0.05) is 29.3 Å². The molecule has 1 aliphatic rings. The van der Waals surface area contributed by atoms with Crippen LogP contribution < -0.4 is 10.1 Å². The van der Waals surface area contributed by atoms with Gasteiger partial charge in [0.25, 0.3) is 11.6 Å². The van der Waals surface area contributed by atoms with E-state index in [1.54, 1.807) is 0 Å². The lowest BCUT2D eigenvalue weighted by Crippen LogP contribution is -2.41. The van der Waals surface area contributed by atoms with Crippen LogP contribution >= 0.6 is 11.6 Å². The third-order valence-electron chi connectivity index (χ3n) is 4.33. The van der Waals surface area contributed by atoms with Crippen LogP contribution in [0.15, 0.2) is 36.4 Å². The summed E-state index contributed by atoms with van der Waals surface area (Å²) >= 11 is 5.82. The molecule has 7 heteroatoms. The topological polar surface area (TPSA) is 81.5 Å². The average molecular weight is 375 g/mol. The van der Waals surface area contributed by atoms with E-state index in [-0.39, 0.29) is 28.2 Å². The largest absolute Gasteiger partial charge is 0.487 e. The number of hydrogen-bond acceptors (Lipinski definition) is 4. The zero-order chi connectivity index (χ0) is 19.1. The van der Waals surface area contributed by atoms with E-state index in [1.165, 1.54) is 18.2 Å². The summed E-state index contributed by atoms with van der Waals surface area (Å²) in [5, 5.41) is 14.0. The van der Waals surface area contributed by atoms with E-state index in [4.69, 9.17) is 16.3 Å². The molecule has 0 saturated heterocycles. The number of nitro groups is 1. The van der Waals surface area contributed by atoms with E-state index in [1.807, 2.05) is 39.0 Å². The molecule has 0 saturated carbocycles. The third-order valence-corrected chi connectivity index (χ3v) is 4.65. The van der Waals surface area contributed by atoms with E-state index < -0.39 is 10.5 Å². The monoisotopic (exact) mass is 374 g/mol. The minimum absolute atomic E-state index is 0.000259. The van der Waals surface area contributed by atoms with Crippen molar-refractivity contribution in [2.24, 2.45) is 0 Å². The zero-order valence-corrected chi connectivity index (χ0v) is 15.5. The van der Waals surface area contributed by atoms with Crippen LogP contribution in [0, 0.1) is 17.0 Å². The molecule has 0 aliphatic carbocycles. The molecule has 2 aromatic rings. The summed E-state index contributed by atoms with van der Waals surface area (Å²) in [6, 6.07) is 9.63. The van der Waals surface area contributed by atoms with Crippen LogP contribution in [0.1, 0.15) is 47.8 Å². The maximum Gasteiger partial charge on any atom is 0.288 e. The molecule has 26 heavy (non-hydrogen) atoms. The van der Waals surface area contributed by atoms with Crippen LogP contribution in [-0.4, -0.2) is 16.4 Å². The van der Waals surface area contributed by atoms with Crippen LogP contribution in [-0.2, 0) is 0 Å². The SMILES string of the molecule is Cc1ccc2c(c1)C(NC(=O)c1ccc(Cl)c([N+](=O)[O-])c1)CC(C)(C)O2. The molecule has 2 aromatic carbocycles. The minimum Gasteiger partial charge on any atom is -0.487 e. The molecule has 0 spiro atoms. The number of aryl methyl sites for hydroxylation is 1. The quantitative estimate of drug-likeness (QED) is 0.629. The number of halogens is 1. The van der Waals surface area contributed by atoms with Crippen LogP contribution in [0.4, 0.5) is 5.69 Å². The van der Waals surface area contributed by atoms with Crippen molar-refractivity contribution in [3.8, 4) is 5.75 Å². The number of carbonyl (C=O) groups excluding carboxylic acids is 1.